The van der Waals surface area contributed by atoms with Gasteiger partial charge in [-0.2, -0.15) is 0 Å². The predicted molar refractivity (Wildman–Crippen MR) is 88.6 cm³/mol. The number of ether oxygens (including phenoxy) is 1. The molecule has 0 amide bonds. The third-order valence-corrected chi connectivity index (χ3v) is 3.65. The Morgan fingerprint density at radius 1 is 1.17 bits per heavy atom. The Bertz CT molecular complexity index is 852. The van der Waals surface area contributed by atoms with Gasteiger partial charge >= 0.3 is 0 Å². The summed E-state index contributed by atoms with van der Waals surface area (Å²) in [6, 6.07) is 14.5. The van der Waals surface area contributed by atoms with E-state index in [4.69, 9.17) is 9.29 Å². The molecule has 3 aromatic rings. The van der Waals surface area contributed by atoms with Crippen molar-refractivity contribution in [1.82, 2.24) is 4.98 Å². The van der Waals surface area contributed by atoms with Gasteiger partial charge in [0, 0.05) is 11.5 Å². The van der Waals surface area contributed by atoms with Gasteiger partial charge in [-0.05, 0) is 29.1 Å². The van der Waals surface area contributed by atoms with E-state index in [2.05, 4.69) is 9.71 Å². The fourth-order valence-corrected chi connectivity index (χ4v) is 2.53. The summed E-state index contributed by atoms with van der Waals surface area (Å²) in [6.45, 7) is -0.0106. The van der Waals surface area contributed by atoms with Crippen LogP contribution in [0.1, 0.15) is 5.56 Å². The number of aromatic nitrogens is 1. The minimum atomic E-state index is -2.13. The summed E-state index contributed by atoms with van der Waals surface area (Å²) >= 11 is -2.13. The lowest BCUT2D eigenvalue weighted by Gasteiger charge is -2.09. The minimum Gasteiger partial charge on any atom is -0.438 e. The number of aliphatic hydroxyl groups is 1. The summed E-state index contributed by atoms with van der Waals surface area (Å²) in [4.78, 5) is 4.10. The van der Waals surface area contributed by atoms with Gasteiger partial charge in [-0.3, -0.25) is 9.27 Å². The molecule has 0 spiro atoms. The van der Waals surface area contributed by atoms with Gasteiger partial charge in [0.2, 0.25) is 5.88 Å². The highest BCUT2D eigenvalue weighted by molar-refractivity contribution is 7.80. The Labute approximate surface area is 135 Å². The number of anilines is 1. The third kappa shape index (κ3) is 3.65. The van der Waals surface area contributed by atoms with Crippen molar-refractivity contribution in [2.45, 2.75) is 6.61 Å². The molecule has 0 radical (unpaired) electrons. The third-order valence-electron chi connectivity index (χ3n) is 3.24. The molecule has 0 aliphatic rings. The highest BCUT2D eigenvalue weighted by atomic mass is 32.2. The molecule has 0 fully saturated rings. The normalized spacial score (nSPS) is 12.1. The van der Waals surface area contributed by atoms with Gasteiger partial charge in [0.15, 0.2) is 0 Å². The maximum absolute atomic E-state index is 10.7. The van der Waals surface area contributed by atoms with Crippen molar-refractivity contribution in [3.05, 3.63) is 60.3 Å². The van der Waals surface area contributed by atoms with Crippen LogP contribution < -0.4 is 9.46 Å². The maximum Gasteiger partial charge on any atom is 0.259 e. The molecule has 0 aliphatic carbocycles. The molecule has 0 aliphatic heterocycles. The number of aliphatic hydroxyl groups excluding tert-OH is 1. The van der Waals surface area contributed by atoms with E-state index in [-0.39, 0.29) is 6.61 Å². The molecule has 1 heterocycles. The molecule has 2 aromatic carbocycles. The number of rotatable bonds is 5. The second-order valence-corrected chi connectivity index (χ2v) is 5.51. The number of pyridine rings is 1. The molecule has 0 saturated heterocycles. The van der Waals surface area contributed by atoms with Crippen molar-refractivity contribution in [1.29, 1.82) is 0 Å². The first kappa shape index (κ1) is 15.4. The number of hydrogen-bond acceptors (Lipinski definition) is 4. The lowest BCUT2D eigenvalue weighted by molar-refractivity contribution is 0.282. The van der Waals surface area contributed by atoms with Crippen LogP contribution in [0.15, 0.2) is 54.7 Å². The van der Waals surface area contributed by atoms with Gasteiger partial charge in [0.1, 0.15) is 5.75 Å². The average Bonchev–Trinajstić information content (AvgIpc) is 2.56. The van der Waals surface area contributed by atoms with Crippen LogP contribution in [-0.2, 0) is 17.9 Å². The standard InChI is InChI=1S/C16H14N2O4S/c19-10-11-4-6-14-12(8-11)2-1-3-15(14)22-16-7-5-13(9-17-16)18-23(20)21/h1-9,18-19H,10H2,(H,20,21). The molecule has 3 rings (SSSR count). The monoisotopic (exact) mass is 330 g/mol. The van der Waals surface area contributed by atoms with Crippen LogP contribution in [0.5, 0.6) is 11.6 Å². The highest BCUT2D eigenvalue weighted by Crippen LogP contribution is 2.30. The molecule has 7 heteroatoms. The van der Waals surface area contributed by atoms with Crippen molar-refractivity contribution < 1.29 is 18.6 Å². The Kier molecular flexibility index (Phi) is 4.52. The zero-order valence-corrected chi connectivity index (χ0v) is 12.8. The first-order chi connectivity index (χ1) is 11.2. The molecule has 1 atom stereocenters. The van der Waals surface area contributed by atoms with Crippen LogP contribution in [0.4, 0.5) is 5.69 Å². The molecule has 0 bridgehead atoms. The molecule has 1 aromatic heterocycles. The van der Waals surface area contributed by atoms with Gasteiger partial charge in [0.05, 0.1) is 18.5 Å². The van der Waals surface area contributed by atoms with Crippen molar-refractivity contribution in [2.24, 2.45) is 0 Å². The van der Waals surface area contributed by atoms with E-state index in [9.17, 15) is 9.32 Å². The lowest BCUT2D eigenvalue weighted by atomic mass is 10.1. The Hall–Kier alpha value is -2.48. The summed E-state index contributed by atoms with van der Waals surface area (Å²) in [5.74, 6) is 1.02. The van der Waals surface area contributed by atoms with Crippen LogP contribution in [-0.4, -0.2) is 18.9 Å². The van der Waals surface area contributed by atoms with Crippen molar-refractivity contribution in [2.75, 3.05) is 4.72 Å². The largest absolute Gasteiger partial charge is 0.438 e. The van der Waals surface area contributed by atoms with E-state index in [1.54, 1.807) is 12.1 Å². The van der Waals surface area contributed by atoms with Crippen molar-refractivity contribution in [3.63, 3.8) is 0 Å². The first-order valence-corrected chi connectivity index (χ1v) is 7.90. The quantitative estimate of drug-likeness (QED) is 0.625. The van der Waals surface area contributed by atoms with E-state index < -0.39 is 11.3 Å². The molecule has 6 nitrogen and oxygen atoms in total. The number of hydrogen-bond donors (Lipinski definition) is 3. The van der Waals surface area contributed by atoms with Gasteiger partial charge in [-0.1, -0.05) is 24.3 Å². The van der Waals surface area contributed by atoms with E-state index in [1.165, 1.54) is 6.20 Å². The molecule has 23 heavy (non-hydrogen) atoms. The van der Waals surface area contributed by atoms with Gasteiger partial charge < -0.3 is 9.84 Å². The van der Waals surface area contributed by atoms with Crippen LogP contribution in [0.25, 0.3) is 10.8 Å². The summed E-state index contributed by atoms with van der Waals surface area (Å²) in [6.07, 6.45) is 1.42. The molecule has 3 N–H and O–H groups in total. The van der Waals surface area contributed by atoms with Crippen molar-refractivity contribution in [3.8, 4) is 11.6 Å². The smallest absolute Gasteiger partial charge is 0.259 e. The summed E-state index contributed by atoms with van der Waals surface area (Å²) < 4.78 is 27.5. The van der Waals surface area contributed by atoms with E-state index in [0.29, 0.717) is 17.3 Å². The predicted octanol–water partition coefficient (Wildman–Crippen LogP) is 3.07. The minimum absolute atomic E-state index is 0.0106. The fourth-order valence-electron chi connectivity index (χ4n) is 2.21. The average molecular weight is 330 g/mol. The van der Waals surface area contributed by atoms with Gasteiger partial charge in [0.25, 0.3) is 11.3 Å². The lowest BCUT2D eigenvalue weighted by Crippen LogP contribution is -2.02. The second-order valence-electron chi connectivity index (χ2n) is 4.81. The zero-order chi connectivity index (χ0) is 16.2. The van der Waals surface area contributed by atoms with E-state index in [1.807, 2.05) is 36.4 Å². The second kappa shape index (κ2) is 6.74. The SMILES string of the molecule is O=S(O)Nc1ccc(Oc2cccc3cc(CO)ccc23)nc1. The molecule has 1 unspecified atom stereocenters. The van der Waals surface area contributed by atoms with Crippen LogP contribution in [0.3, 0.4) is 0 Å². The molecule has 0 saturated carbocycles. The number of nitrogens with one attached hydrogen (secondary N) is 1. The highest BCUT2D eigenvalue weighted by Gasteiger charge is 2.06. The fraction of sp³-hybridized carbons (Fsp3) is 0.0625. The summed E-state index contributed by atoms with van der Waals surface area (Å²) in [5.41, 5.74) is 1.25. The maximum atomic E-state index is 10.7. The summed E-state index contributed by atoms with van der Waals surface area (Å²) in [5, 5.41) is 11.1. The number of nitrogens with zero attached hydrogens (tertiary/aromatic N) is 1. The first-order valence-electron chi connectivity index (χ1n) is 6.79. The molecule has 118 valence electrons. The zero-order valence-electron chi connectivity index (χ0n) is 12.0. The molecular weight excluding hydrogens is 316 g/mol. The Morgan fingerprint density at radius 3 is 2.74 bits per heavy atom. The van der Waals surface area contributed by atoms with Gasteiger partial charge in [-0.25, -0.2) is 9.19 Å². The van der Waals surface area contributed by atoms with E-state index in [0.717, 1.165) is 16.3 Å². The molecular formula is C16H14N2O4S. The number of fused-ring (bicyclic) bond motifs is 1. The summed E-state index contributed by atoms with van der Waals surface area (Å²) in [7, 11) is 0. The Balaban J connectivity index is 1.87. The van der Waals surface area contributed by atoms with Gasteiger partial charge in [-0.15, -0.1) is 0 Å². The Morgan fingerprint density at radius 2 is 2.04 bits per heavy atom. The van der Waals surface area contributed by atoms with Crippen molar-refractivity contribution >= 4 is 27.7 Å². The van der Waals surface area contributed by atoms with Crippen LogP contribution in [0.2, 0.25) is 0 Å². The van der Waals surface area contributed by atoms with Crippen LogP contribution >= 0.6 is 0 Å². The topological polar surface area (TPSA) is 91.7 Å². The van der Waals surface area contributed by atoms with Crippen LogP contribution in [0, 0.1) is 0 Å². The van der Waals surface area contributed by atoms with E-state index >= 15 is 0 Å². The number of benzene rings is 2.